The van der Waals surface area contributed by atoms with Crippen molar-refractivity contribution in [3.05, 3.63) is 86.9 Å². The number of hydrogen-bond acceptors (Lipinski definition) is 8. The van der Waals surface area contributed by atoms with Gasteiger partial charge in [-0.25, -0.2) is 10.4 Å². The van der Waals surface area contributed by atoms with Gasteiger partial charge < -0.3 is 9.47 Å². The molecule has 0 saturated heterocycles. The van der Waals surface area contributed by atoms with Gasteiger partial charge in [0.25, 0.3) is 5.91 Å². The number of hydrogen-bond donors (Lipinski definition) is 1. The molecule has 11 heteroatoms. The minimum atomic E-state index is -0.592. The molecule has 0 spiro atoms. The quantitative estimate of drug-likeness (QED) is 0.245. The second-order valence-electron chi connectivity index (χ2n) is 6.04. The smallest absolute Gasteiger partial charge is 0.315 e. The van der Waals surface area contributed by atoms with Crippen molar-refractivity contribution in [1.82, 2.24) is 15.4 Å². The fraction of sp³-hybridized carbons (Fsp3) is 0.100. The maximum Gasteiger partial charge on any atom is 0.315 e. The van der Waals surface area contributed by atoms with Crippen LogP contribution in [0.2, 0.25) is 5.15 Å². The largest absolute Gasteiger partial charge is 0.493 e. The van der Waals surface area contributed by atoms with Crippen LogP contribution in [-0.4, -0.2) is 34.1 Å². The van der Waals surface area contributed by atoms with Crippen molar-refractivity contribution in [2.24, 2.45) is 5.10 Å². The SMILES string of the molecule is COc1cc(/C=N/NC(=O)c2ccncc2)cc([N+](=O)[O-])c1OCc1ccc(Cl)nc1. The number of nitrogens with one attached hydrogen (secondary N) is 1. The number of benzene rings is 1. The average molecular weight is 442 g/mol. The van der Waals surface area contributed by atoms with Crippen molar-refractivity contribution in [2.45, 2.75) is 6.61 Å². The minimum absolute atomic E-state index is 0.0246. The van der Waals surface area contributed by atoms with Gasteiger partial charge in [0.2, 0.25) is 5.75 Å². The van der Waals surface area contributed by atoms with E-state index in [0.29, 0.717) is 21.8 Å². The summed E-state index contributed by atoms with van der Waals surface area (Å²) in [6, 6.07) is 9.11. The number of aromatic nitrogens is 2. The molecule has 31 heavy (non-hydrogen) atoms. The molecule has 3 rings (SSSR count). The molecule has 0 atom stereocenters. The zero-order valence-electron chi connectivity index (χ0n) is 16.2. The lowest BCUT2D eigenvalue weighted by Gasteiger charge is -2.12. The lowest BCUT2D eigenvalue weighted by atomic mass is 10.2. The molecule has 1 N–H and O–H groups in total. The maximum atomic E-state index is 12.0. The molecule has 0 bridgehead atoms. The predicted octanol–water partition coefficient (Wildman–Crippen LogP) is 3.39. The number of nitro groups is 1. The summed E-state index contributed by atoms with van der Waals surface area (Å²) in [7, 11) is 1.36. The highest BCUT2D eigenvalue weighted by Crippen LogP contribution is 2.38. The highest BCUT2D eigenvalue weighted by Gasteiger charge is 2.22. The van der Waals surface area contributed by atoms with Crippen LogP contribution >= 0.6 is 11.6 Å². The molecule has 2 aromatic heterocycles. The normalized spacial score (nSPS) is 10.6. The number of methoxy groups -OCH3 is 1. The Morgan fingerprint density at radius 1 is 1.29 bits per heavy atom. The first-order valence-electron chi connectivity index (χ1n) is 8.81. The number of ether oxygens (including phenoxy) is 2. The Morgan fingerprint density at radius 2 is 2.06 bits per heavy atom. The van der Waals surface area contributed by atoms with E-state index in [4.69, 9.17) is 21.1 Å². The Labute approximate surface area is 181 Å². The van der Waals surface area contributed by atoms with E-state index in [-0.39, 0.29) is 23.8 Å². The van der Waals surface area contributed by atoms with Crippen molar-refractivity contribution in [3.63, 3.8) is 0 Å². The molecule has 0 aliphatic rings. The topological polar surface area (TPSA) is 129 Å². The predicted molar refractivity (Wildman–Crippen MR) is 113 cm³/mol. The van der Waals surface area contributed by atoms with Crippen LogP contribution in [-0.2, 0) is 6.61 Å². The Morgan fingerprint density at radius 3 is 2.71 bits per heavy atom. The molecule has 0 aliphatic carbocycles. The van der Waals surface area contributed by atoms with Crippen LogP contribution in [0.3, 0.4) is 0 Å². The Balaban J connectivity index is 1.79. The van der Waals surface area contributed by atoms with E-state index >= 15 is 0 Å². The van der Waals surface area contributed by atoms with Gasteiger partial charge in [-0.2, -0.15) is 5.10 Å². The van der Waals surface area contributed by atoms with Gasteiger partial charge in [0.05, 0.1) is 18.2 Å². The highest BCUT2D eigenvalue weighted by atomic mass is 35.5. The molecule has 158 valence electrons. The lowest BCUT2D eigenvalue weighted by Crippen LogP contribution is -2.17. The molecular weight excluding hydrogens is 426 g/mol. The van der Waals surface area contributed by atoms with Crippen molar-refractivity contribution in [1.29, 1.82) is 0 Å². The van der Waals surface area contributed by atoms with Crippen LogP contribution < -0.4 is 14.9 Å². The molecule has 1 amide bonds. The number of nitrogens with zero attached hydrogens (tertiary/aromatic N) is 4. The number of rotatable bonds is 8. The summed E-state index contributed by atoms with van der Waals surface area (Å²) in [6.45, 7) is 0.0246. The molecule has 0 unspecified atom stereocenters. The Bertz CT molecular complexity index is 1110. The summed E-state index contributed by atoms with van der Waals surface area (Å²) in [6.07, 6.45) is 5.73. The first-order valence-corrected chi connectivity index (χ1v) is 9.19. The zero-order chi connectivity index (χ0) is 22.2. The summed E-state index contributed by atoms with van der Waals surface area (Å²) in [5, 5.41) is 15.8. The fourth-order valence-electron chi connectivity index (χ4n) is 2.50. The van der Waals surface area contributed by atoms with E-state index in [1.807, 2.05) is 0 Å². The molecular formula is C20H16ClN5O5. The fourth-order valence-corrected chi connectivity index (χ4v) is 2.61. The van der Waals surface area contributed by atoms with Gasteiger partial charge in [0, 0.05) is 41.3 Å². The van der Waals surface area contributed by atoms with Crippen molar-refractivity contribution < 1.29 is 19.2 Å². The number of nitro benzene ring substituents is 1. The molecule has 0 aliphatic heterocycles. The second-order valence-corrected chi connectivity index (χ2v) is 6.43. The zero-order valence-corrected chi connectivity index (χ0v) is 16.9. The van der Waals surface area contributed by atoms with Crippen molar-refractivity contribution >= 4 is 29.4 Å². The van der Waals surface area contributed by atoms with Crippen LogP contribution in [0, 0.1) is 10.1 Å². The van der Waals surface area contributed by atoms with Gasteiger partial charge in [-0.15, -0.1) is 0 Å². The third kappa shape index (κ3) is 5.73. The first-order chi connectivity index (χ1) is 15.0. The summed E-state index contributed by atoms with van der Waals surface area (Å²) in [5.74, 6) is -0.352. The number of carbonyl (C=O) groups is 1. The third-order valence-corrected chi connectivity index (χ3v) is 4.19. The molecule has 2 heterocycles. The number of halogens is 1. The van der Waals surface area contributed by atoms with Crippen LogP contribution in [0.1, 0.15) is 21.5 Å². The lowest BCUT2D eigenvalue weighted by molar-refractivity contribution is -0.386. The summed E-state index contributed by atoms with van der Waals surface area (Å²) in [4.78, 5) is 30.8. The van der Waals surface area contributed by atoms with Gasteiger partial charge in [0.15, 0.2) is 5.75 Å². The molecule has 0 radical (unpaired) electrons. The van der Waals surface area contributed by atoms with E-state index in [2.05, 4.69) is 20.5 Å². The van der Waals surface area contributed by atoms with Crippen LogP contribution in [0.15, 0.2) is 60.1 Å². The number of amides is 1. The number of carbonyl (C=O) groups excluding carboxylic acids is 1. The van der Waals surface area contributed by atoms with E-state index in [1.165, 1.54) is 56.2 Å². The summed E-state index contributed by atoms with van der Waals surface area (Å²) < 4.78 is 10.9. The Kier molecular flexibility index (Phi) is 7.07. The molecule has 10 nitrogen and oxygen atoms in total. The molecule has 1 aromatic carbocycles. The van der Waals surface area contributed by atoms with Crippen molar-refractivity contribution in [3.8, 4) is 11.5 Å². The highest BCUT2D eigenvalue weighted by molar-refractivity contribution is 6.29. The van der Waals surface area contributed by atoms with Crippen molar-refractivity contribution in [2.75, 3.05) is 7.11 Å². The molecule has 0 fully saturated rings. The first kappa shape index (κ1) is 21.7. The van der Waals surface area contributed by atoms with E-state index in [1.54, 1.807) is 12.1 Å². The molecule has 3 aromatic rings. The monoisotopic (exact) mass is 441 g/mol. The minimum Gasteiger partial charge on any atom is -0.493 e. The van der Waals surface area contributed by atoms with E-state index < -0.39 is 10.8 Å². The van der Waals surface area contributed by atoms with Gasteiger partial charge in [-0.3, -0.25) is 19.9 Å². The second kappa shape index (κ2) is 10.1. The third-order valence-electron chi connectivity index (χ3n) is 3.97. The van der Waals surface area contributed by atoms with E-state index in [9.17, 15) is 14.9 Å². The summed E-state index contributed by atoms with van der Waals surface area (Å²) in [5.41, 5.74) is 3.40. The number of pyridine rings is 2. The van der Waals surface area contributed by atoms with Gasteiger partial charge >= 0.3 is 5.69 Å². The van der Waals surface area contributed by atoms with Gasteiger partial charge in [0.1, 0.15) is 11.8 Å². The number of hydrazone groups is 1. The standard InChI is InChI=1S/C20H16ClN5O5/c1-30-17-9-14(11-24-25-20(27)15-4-6-22-7-5-15)8-16(26(28)29)19(17)31-12-13-2-3-18(21)23-10-13/h2-11H,12H2,1H3,(H,25,27)/b24-11+. The average Bonchev–Trinajstić information content (AvgIpc) is 2.79. The van der Waals surface area contributed by atoms with E-state index in [0.717, 1.165) is 0 Å². The van der Waals surface area contributed by atoms with Crippen LogP contribution in [0.25, 0.3) is 0 Å². The van der Waals surface area contributed by atoms with Crippen LogP contribution in [0.5, 0.6) is 11.5 Å². The molecule has 0 saturated carbocycles. The van der Waals surface area contributed by atoms with Crippen LogP contribution in [0.4, 0.5) is 5.69 Å². The van der Waals surface area contributed by atoms with Gasteiger partial charge in [-0.1, -0.05) is 17.7 Å². The Hall–Kier alpha value is -4.05. The maximum absolute atomic E-state index is 12.0. The van der Waals surface area contributed by atoms with Gasteiger partial charge in [-0.05, 0) is 24.3 Å². The summed E-state index contributed by atoms with van der Waals surface area (Å²) >= 11 is 5.75.